The van der Waals surface area contributed by atoms with Gasteiger partial charge < -0.3 is 9.64 Å². The Morgan fingerprint density at radius 3 is 2.86 bits per heavy atom. The second kappa shape index (κ2) is 7.45. The van der Waals surface area contributed by atoms with Gasteiger partial charge in [0.15, 0.2) is 0 Å². The Labute approximate surface area is 134 Å². The molecule has 114 valence electrons. The number of ether oxygens (including phenoxy) is 1. The Morgan fingerprint density at radius 2 is 2.14 bits per heavy atom. The van der Waals surface area contributed by atoms with E-state index in [2.05, 4.69) is 49.4 Å². The molecule has 0 amide bonds. The minimum atomic E-state index is 0.216. The van der Waals surface area contributed by atoms with Gasteiger partial charge in [0.1, 0.15) is 21.4 Å². The van der Waals surface area contributed by atoms with Gasteiger partial charge in [0.05, 0.1) is 18.3 Å². The molecule has 0 bridgehead atoms. The lowest BCUT2D eigenvalue weighted by atomic mass is 9.57. The molecular formula is C14H25B2N3OS. The summed E-state index contributed by atoms with van der Waals surface area (Å²) >= 11 is 1.24. The summed E-state index contributed by atoms with van der Waals surface area (Å²) in [5.74, 6) is 0.718. The van der Waals surface area contributed by atoms with Crippen molar-refractivity contribution in [3.8, 4) is 5.88 Å². The van der Waals surface area contributed by atoms with Gasteiger partial charge in [-0.3, -0.25) is 0 Å². The molecule has 0 aromatic carbocycles. The van der Waals surface area contributed by atoms with Gasteiger partial charge in [0, 0.05) is 6.54 Å². The van der Waals surface area contributed by atoms with Crippen LogP contribution in [-0.4, -0.2) is 54.9 Å². The molecule has 1 aliphatic heterocycles. The first-order valence-electron chi connectivity index (χ1n) is 7.90. The van der Waals surface area contributed by atoms with Crippen LogP contribution in [0.25, 0.3) is 5.57 Å². The zero-order valence-corrected chi connectivity index (χ0v) is 14.5. The first-order valence-corrected chi connectivity index (χ1v) is 8.63. The number of likely N-dealkylation sites (N-methyl/N-ethyl adjacent to an activating group) is 1. The van der Waals surface area contributed by atoms with E-state index >= 15 is 0 Å². The lowest BCUT2D eigenvalue weighted by molar-refractivity contribution is 0.289. The third-order valence-corrected chi connectivity index (χ3v) is 4.80. The Bertz CT molecular complexity index is 490. The summed E-state index contributed by atoms with van der Waals surface area (Å²) in [5.41, 5.74) is 2.19. The second-order valence-corrected chi connectivity index (χ2v) is 6.96. The van der Waals surface area contributed by atoms with Crippen LogP contribution in [0.5, 0.6) is 5.88 Å². The van der Waals surface area contributed by atoms with Gasteiger partial charge in [-0.2, -0.15) is 4.37 Å². The van der Waals surface area contributed by atoms with Gasteiger partial charge in [-0.25, -0.2) is 0 Å². The maximum absolute atomic E-state index is 5.84. The number of rotatable bonds is 7. The lowest BCUT2D eigenvalue weighted by Gasteiger charge is -2.39. The van der Waals surface area contributed by atoms with E-state index in [9.17, 15) is 0 Å². The van der Waals surface area contributed by atoms with Crippen molar-refractivity contribution >= 4 is 33.0 Å². The third-order valence-electron chi connectivity index (χ3n) is 4.29. The van der Waals surface area contributed by atoms with E-state index in [1.54, 1.807) is 0 Å². The summed E-state index contributed by atoms with van der Waals surface area (Å²) < 4.78 is 14.6. The first-order chi connectivity index (χ1) is 10.0. The number of hydrogen-bond donors (Lipinski definition) is 0. The molecule has 0 fully saturated rings. The molecule has 2 rings (SSSR count). The van der Waals surface area contributed by atoms with E-state index in [1.165, 1.54) is 36.6 Å². The van der Waals surface area contributed by atoms with Crippen LogP contribution in [0.3, 0.4) is 0 Å². The van der Waals surface area contributed by atoms with Crippen LogP contribution in [0.1, 0.15) is 44.7 Å². The smallest absolute Gasteiger partial charge is 0.253 e. The average molecular weight is 305 g/mol. The van der Waals surface area contributed by atoms with Crippen LogP contribution in [0.2, 0.25) is 0 Å². The Balaban J connectivity index is 1.96. The molecule has 0 spiro atoms. The van der Waals surface area contributed by atoms with Crippen molar-refractivity contribution in [2.45, 2.75) is 44.4 Å². The van der Waals surface area contributed by atoms with Crippen LogP contribution in [-0.2, 0) is 0 Å². The molecule has 4 nitrogen and oxygen atoms in total. The standard InChI is InChI=1S/C14H25B2N3OS/c1-3-4-5-6-9-20-13-12(17-21-18-13)11-7-8-14(15,16)19(2)10-11/h7H,3-6,8-10,15-16H2,1-2H3. The molecule has 0 atom stereocenters. The van der Waals surface area contributed by atoms with E-state index in [-0.39, 0.29) is 5.34 Å². The van der Waals surface area contributed by atoms with E-state index in [0.717, 1.165) is 37.6 Å². The molecule has 0 aliphatic carbocycles. The van der Waals surface area contributed by atoms with E-state index in [0.29, 0.717) is 0 Å². The molecule has 21 heavy (non-hydrogen) atoms. The number of unbranched alkanes of at least 4 members (excludes halogenated alkanes) is 3. The van der Waals surface area contributed by atoms with E-state index in [1.807, 2.05) is 0 Å². The Hall–Kier alpha value is -0.810. The van der Waals surface area contributed by atoms with Gasteiger partial charge in [0.2, 0.25) is 0 Å². The van der Waals surface area contributed by atoms with Gasteiger partial charge >= 0.3 is 0 Å². The molecule has 2 heterocycles. The summed E-state index contributed by atoms with van der Waals surface area (Å²) in [6, 6.07) is 0. The SMILES string of the molecule is BC1(B)CC=C(c2nsnc2OCCCCCC)CN1C. The molecule has 0 radical (unpaired) electrons. The Morgan fingerprint density at radius 1 is 1.33 bits per heavy atom. The summed E-state index contributed by atoms with van der Waals surface area (Å²) in [6.45, 7) is 3.87. The minimum absolute atomic E-state index is 0.216. The highest BCUT2D eigenvalue weighted by atomic mass is 32.1. The van der Waals surface area contributed by atoms with Crippen LogP contribution >= 0.6 is 11.7 Å². The van der Waals surface area contributed by atoms with Crippen molar-refractivity contribution < 1.29 is 4.74 Å². The quantitative estimate of drug-likeness (QED) is 0.559. The highest BCUT2D eigenvalue weighted by Gasteiger charge is 2.29. The zero-order valence-electron chi connectivity index (χ0n) is 13.7. The first kappa shape index (κ1) is 16.6. The highest BCUT2D eigenvalue weighted by molar-refractivity contribution is 6.99. The van der Waals surface area contributed by atoms with Gasteiger partial charge in [-0.05, 0) is 30.8 Å². The van der Waals surface area contributed by atoms with Crippen molar-refractivity contribution in [2.24, 2.45) is 0 Å². The summed E-state index contributed by atoms with van der Waals surface area (Å²) in [6.07, 6.45) is 8.17. The second-order valence-electron chi connectivity index (χ2n) is 6.43. The molecule has 1 aliphatic rings. The lowest BCUT2D eigenvalue weighted by Crippen LogP contribution is -2.50. The molecule has 0 N–H and O–H groups in total. The van der Waals surface area contributed by atoms with Gasteiger partial charge in [-0.15, -0.1) is 4.37 Å². The van der Waals surface area contributed by atoms with Crippen molar-refractivity contribution in [3.63, 3.8) is 0 Å². The third kappa shape index (κ3) is 4.33. The number of aromatic nitrogens is 2. The number of nitrogens with zero attached hydrogens (tertiary/aromatic N) is 3. The topological polar surface area (TPSA) is 38.3 Å². The molecule has 0 unspecified atom stereocenters. The van der Waals surface area contributed by atoms with Crippen molar-refractivity contribution in [1.29, 1.82) is 0 Å². The minimum Gasteiger partial charge on any atom is -0.475 e. The van der Waals surface area contributed by atoms with Gasteiger partial charge in [0.25, 0.3) is 5.88 Å². The average Bonchev–Trinajstić information content (AvgIpc) is 2.90. The predicted octanol–water partition coefficient (Wildman–Crippen LogP) is 1.14. The summed E-state index contributed by atoms with van der Waals surface area (Å²) in [5, 5.41) is 0.216. The van der Waals surface area contributed by atoms with Crippen molar-refractivity contribution in [1.82, 2.24) is 13.6 Å². The highest BCUT2D eigenvalue weighted by Crippen LogP contribution is 2.30. The van der Waals surface area contributed by atoms with Crippen molar-refractivity contribution in [2.75, 3.05) is 20.2 Å². The van der Waals surface area contributed by atoms with Crippen LogP contribution in [0, 0.1) is 0 Å². The van der Waals surface area contributed by atoms with Gasteiger partial charge in [-0.1, -0.05) is 32.3 Å². The fourth-order valence-electron chi connectivity index (χ4n) is 2.40. The fraction of sp³-hybridized carbons (Fsp3) is 0.714. The Kier molecular flexibility index (Phi) is 5.88. The van der Waals surface area contributed by atoms with Crippen LogP contribution in [0.15, 0.2) is 6.08 Å². The van der Waals surface area contributed by atoms with E-state index in [4.69, 9.17) is 4.74 Å². The summed E-state index contributed by atoms with van der Waals surface area (Å²) in [7, 11) is 6.70. The summed E-state index contributed by atoms with van der Waals surface area (Å²) in [4.78, 5) is 2.37. The number of hydrogen-bond acceptors (Lipinski definition) is 5. The van der Waals surface area contributed by atoms with Crippen molar-refractivity contribution in [3.05, 3.63) is 11.8 Å². The molecule has 0 saturated heterocycles. The molecule has 7 heteroatoms. The maximum atomic E-state index is 5.84. The zero-order chi connectivity index (χ0) is 15.3. The molecule has 1 aromatic heterocycles. The maximum Gasteiger partial charge on any atom is 0.253 e. The monoisotopic (exact) mass is 305 g/mol. The molecular weight excluding hydrogens is 280 g/mol. The predicted molar refractivity (Wildman–Crippen MR) is 94.6 cm³/mol. The molecule has 1 aromatic rings. The fourth-order valence-corrected chi connectivity index (χ4v) is 2.93. The molecule has 0 saturated carbocycles. The largest absolute Gasteiger partial charge is 0.475 e. The van der Waals surface area contributed by atoms with E-state index < -0.39 is 0 Å². The van der Waals surface area contributed by atoms with Crippen LogP contribution < -0.4 is 4.74 Å². The normalized spacial score (nSPS) is 18.5. The van der Waals surface area contributed by atoms with Crippen LogP contribution in [0.4, 0.5) is 0 Å².